The second kappa shape index (κ2) is 13.5. The first-order chi connectivity index (χ1) is 31.0. The van der Waals surface area contributed by atoms with E-state index in [0.29, 0.717) is 0 Å². The largest absolute Gasteiger partial charge is 0.376 e. The van der Waals surface area contributed by atoms with Gasteiger partial charge in [-0.15, -0.1) is 11.3 Å². The first kappa shape index (κ1) is 42.6. The van der Waals surface area contributed by atoms with Gasteiger partial charge in [-0.1, -0.05) is 119 Å². The van der Waals surface area contributed by atoms with E-state index in [4.69, 9.17) is 0 Å². The Morgan fingerprint density at radius 2 is 0.985 bits per heavy atom. The zero-order chi connectivity index (χ0) is 46.4. The first-order valence-electron chi connectivity index (χ1n) is 25.2. The topological polar surface area (TPSA) is 6.48 Å². The van der Waals surface area contributed by atoms with Crippen LogP contribution in [0.1, 0.15) is 166 Å². The predicted molar refractivity (Wildman–Crippen MR) is 288 cm³/mol. The third-order valence-corrected chi connectivity index (χ3v) is 19.3. The lowest BCUT2D eigenvalue weighted by Crippen LogP contribution is -2.62. The Labute approximate surface area is 399 Å². The minimum absolute atomic E-state index is 0.0557. The van der Waals surface area contributed by atoms with E-state index >= 15 is 0 Å². The fraction of sp³-hybridized carbons (Fsp3) is 0.419. The smallest absolute Gasteiger partial charge is 0.333 e. The Bertz CT molecular complexity index is 3260. The molecule has 0 spiro atoms. The summed E-state index contributed by atoms with van der Waals surface area (Å²) in [6.45, 7) is 34.5. The summed E-state index contributed by atoms with van der Waals surface area (Å²) in [5.74, 6) is 0. The number of nitrogens with zero attached hydrogens (tertiary/aromatic N) is 2. The van der Waals surface area contributed by atoms with Crippen LogP contribution in [0.25, 0.3) is 31.3 Å². The maximum absolute atomic E-state index is 2.85. The molecule has 5 aliphatic rings. The summed E-state index contributed by atoms with van der Waals surface area (Å²) in [5, 5.41) is 2.77. The van der Waals surface area contributed by atoms with Crippen molar-refractivity contribution < 1.29 is 0 Å². The van der Waals surface area contributed by atoms with Gasteiger partial charge < -0.3 is 9.71 Å². The fourth-order valence-electron chi connectivity index (χ4n) is 13.7. The Morgan fingerprint density at radius 1 is 0.439 bits per heavy atom. The summed E-state index contributed by atoms with van der Waals surface area (Å²) in [6.07, 6.45) is 7.16. The van der Waals surface area contributed by atoms with E-state index in [1.54, 1.807) is 0 Å². The van der Waals surface area contributed by atoms with Crippen molar-refractivity contribution in [3.8, 4) is 11.1 Å². The number of hydrogen-bond acceptors (Lipinski definition) is 3. The number of fused-ring (bicyclic) bond motifs is 11. The van der Waals surface area contributed by atoms with Crippen molar-refractivity contribution in [2.75, 3.05) is 9.71 Å². The van der Waals surface area contributed by atoms with E-state index in [2.05, 4.69) is 198 Å². The first-order valence-corrected chi connectivity index (χ1v) is 26.0. The number of hydrogen-bond donors (Lipinski definition) is 0. The van der Waals surface area contributed by atoms with Gasteiger partial charge in [-0.3, -0.25) is 0 Å². The summed E-state index contributed by atoms with van der Waals surface area (Å²) in [4.78, 5) is 5.57. The highest BCUT2D eigenvalue weighted by Gasteiger charge is 2.50. The number of aryl methyl sites for hydroxylation is 2. The molecule has 0 bridgehead atoms. The average molecular weight is 885 g/mol. The lowest BCUT2D eigenvalue weighted by Gasteiger charge is -2.49. The molecule has 66 heavy (non-hydrogen) atoms. The fourth-order valence-corrected chi connectivity index (χ4v) is 14.8. The predicted octanol–water partition coefficient (Wildman–Crippen LogP) is 16.4. The molecule has 1 aromatic heterocycles. The van der Waals surface area contributed by atoms with E-state index in [1.165, 1.54) is 154 Å². The summed E-state index contributed by atoms with van der Waals surface area (Å²) in [6, 6.07) is 37.5. The molecule has 0 saturated carbocycles. The van der Waals surface area contributed by atoms with Crippen LogP contribution >= 0.6 is 11.3 Å². The Balaban J connectivity index is 1.25. The SMILES string of the molecule is Cc1cc2c3c(c1)N(c1cc4c(cc1C)C(C)(C)CCC4(C)C)c1ccc4sc5ccccc5c4c1B3N(c1ccc3c(c1)C(C)(C)CCC3(C)C)c1cc3c(cc1-2)C(C)(C)CCC3(C)C. The van der Waals surface area contributed by atoms with Crippen LogP contribution < -0.4 is 20.6 Å². The molecule has 12 rings (SSSR count). The number of anilines is 5. The van der Waals surface area contributed by atoms with Crippen molar-refractivity contribution in [3.05, 3.63) is 136 Å². The molecule has 0 N–H and O–H groups in total. The van der Waals surface area contributed by atoms with Crippen LogP contribution in [-0.2, 0) is 32.5 Å². The third-order valence-electron chi connectivity index (χ3n) is 18.2. The molecule has 0 radical (unpaired) electrons. The average Bonchev–Trinajstić information content (AvgIpc) is 3.64. The van der Waals surface area contributed by atoms with Crippen molar-refractivity contribution in [2.24, 2.45) is 0 Å². The molecule has 4 heteroatoms. The van der Waals surface area contributed by atoms with Gasteiger partial charge >= 0.3 is 6.85 Å². The molecule has 0 saturated heterocycles. The third kappa shape index (κ3) is 5.85. The number of rotatable bonds is 2. The molecule has 7 aromatic rings. The lowest BCUT2D eigenvalue weighted by molar-refractivity contribution is 0.332. The molecule has 336 valence electrons. The minimum Gasteiger partial charge on any atom is -0.376 e. The summed E-state index contributed by atoms with van der Waals surface area (Å²) >= 11 is 1.95. The second-order valence-corrected chi connectivity index (χ2v) is 26.5. The summed E-state index contributed by atoms with van der Waals surface area (Å²) < 4.78 is 2.72. The van der Waals surface area contributed by atoms with Gasteiger partial charge in [0.15, 0.2) is 0 Å². The normalized spacial score (nSPS) is 20.8. The highest BCUT2D eigenvalue weighted by molar-refractivity contribution is 7.26. The summed E-state index contributed by atoms with van der Waals surface area (Å²) in [7, 11) is 0. The van der Waals surface area contributed by atoms with Crippen LogP contribution in [0, 0.1) is 13.8 Å². The summed E-state index contributed by atoms with van der Waals surface area (Å²) in [5.41, 5.74) is 24.6. The molecule has 2 aliphatic heterocycles. The molecule has 3 heterocycles. The van der Waals surface area contributed by atoms with E-state index in [0.717, 1.165) is 0 Å². The van der Waals surface area contributed by atoms with Gasteiger partial charge in [0.2, 0.25) is 0 Å². The Morgan fingerprint density at radius 3 is 1.62 bits per heavy atom. The zero-order valence-electron chi connectivity index (χ0n) is 42.3. The second-order valence-electron chi connectivity index (χ2n) is 25.5. The van der Waals surface area contributed by atoms with E-state index in [-0.39, 0.29) is 39.3 Å². The highest BCUT2D eigenvalue weighted by atomic mass is 32.1. The molecule has 6 aromatic carbocycles. The number of thiophene rings is 1. The Kier molecular flexibility index (Phi) is 8.68. The zero-order valence-corrected chi connectivity index (χ0v) is 43.1. The molecule has 3 aliphatic carbocycles. The lowest BCUT2D eigenvalue weighted by atomic mass is 9.42. The molecule has 0 unspecified atom stereocenters. The van der Waals surface area contributed by atoms with E-state index in [1.807, 2.05) is 11.3 Å². The van der Waals surface area contributed by atoms with Crippen molar-refractivity contribution in [2.45, 2.75) is 168 Å². The van der Waals surface area contributed by atoms with Gasteiger partial charge in [-0.05, 0) is 211 Å². The van der Waals surface area contributed by atoms with E-state index in [9.17, 15) is 0 Å². The van der Waals surface area contributed by atoms with Crippen LogP contribution in [0.4, 0.5) is 28.4 Å². The van der Waals surface area contributed by atoms with Gasteiger partial charge in [-0.2, -0.15) is 0 Å². The molecule has 0 amide bonds. The van der Waals surface area contributed by atoms with Gasteiger partial charge in [0, 0.05) is 43.4 Å². The molecular formula is C62H69BN2S. The van der Waals surface area contributed by atoms with Crippen LogP contribution in [0.5, 0.6) is 0 Å². The van der Waals surface area contributed by atoms with Crippen molar-refractivity contribution >= 4 is 77.7 Å². The van der Waals surface area contributed by atoms with Crippen LogP contribution in [0.3, 0.4) is 0 Å². The molecular weight excluding hydrogens is 816 g/mol. The highest BCUT2D eigenvalue weighted by Crippen LogP contribution is 2.56. The maximum Gasteiger partial charge on any atom is 0.333 e. The van der Waals surface area contributed by atoms with E-state index < -0.39 is 0 Å². The Hall–Kier alpha value is -4.80. The maximum atomic E-state index is 2.85. The van der Waals surface area contributed by atoms with Gasteiger partial charge in [0.05, 0.1) is 0 Å². The van der Waals surface area contributed by atoms with Crippen molar-refractivity contribution in [1.29, 1.82) is 0 Å². The standard InChI is InChI=1S/C62H69BN2S/c1-36-29-41-40-33-45-47(62(13,14)28-26-60(45,9)10)35-50(40)65(38-19-20-42-44(32-38)59(7,8)24-23-57(42,3)4)63-55(41)51(30-36)64(48-21-22-53-54(56(48)63)39-17-15-16-18-52(39)66-53)49-34-46-43(31-37(49)2)58(5,6)25-27-61(46,11)12/h15-22,29-35H,23-28H2,1-14H3. The minimum atomic E-state index is -0.0557. The van der Waals surface area contributed by atoms with Gasteiger partial charge in [-0.25, -0.2) is 0 Å². The molecule has 2 nitrogen and oxygen atoms in total. The van der Waals surface area contributed by atoms with Gasteiger partial charge in [0.1, 0.15) is 0 Å². The number of benzene rings is 6. The van der Waals surface area contributed by atoms with Crippen LogP contribution in [0.15, 0.2) is 91.0 Å². The monoisotopic (exact) mass is 885 g/mol. The van der Waals surface area contributed by atoms with Crippen molar-refractivity contribution in [1.82, 2.24) is 0 Å². The quantitative estimate of drug-likeness (QED) is 0.160. The van der Waals surface area contributed by atoms with Crippen molar-refractivity contribution in [3.63, 3.8) is 0 Å². The van der Waals surface area contributed by atoms with Crippen LogP contribution in [-0.4, -0.2) is 6.85 Å². The van der Waals surface area contributed by atoms with Crippen LogP contribution in [0.2, 0.25) is 0 Å². The molecule has 0 atom stereocenters. The molecule has 0 fully saturated rings. The van der Waals surface area contributed by atoms with Gasteiger partial charge in [0.25, 0.3) is 0 Å².